The molecule has 1 saturated carbocycles. The summed E-state index contributed by atoms with van der Waals surface area (Å²) in [6.07, 6.45) is 1.46. The molecule has 0 bridgehead atoms. The minimum absolute atomic E-state index is 0.245. The van der Waals surface area contributed by atoms with E-state index in [1.54, 1.807) is 18.7 Å². The lowest BCUT2D eigenvalue weighted by Gasteiger charge is -2.34. The maximum absolute atomic E-state index is 12.5. The van der Waals surface area contributed by atoms with Crippen molar-refractivity contribution in [2.45, 2.75) is 44.4 Å². The number of para-hydroxylation sites is 1. The second kappa shape index (κ2) is 7.11. The molecule has 1 heterocycles. The number of carbonyl (C=O) groups is 1. The van der Waals surface area contributed by atoms with Crippen molar-refractivity contribution >= 4 is 5.91 Å². The van der Waals surface area contributed by atoms with Crippen molar-refractivity contribution in [3.05, 3.63) is 41.7 Å². The van der Waals surface area contributed by atoms with Crippen molar-refractivity contribution in [2.75, 3.05) is 7.11 Å². The van der Waals surface area contributed by atoms with Gasteiger partial charge in [-0.3, -0.25) is 4.79 Å². The number of nitrogens with zero attached hydrogens (tertiary/aromatic N) is 3. The van der Waals surface area contributed by atoms with E-state index in [0.717, 1.165) is 24.9 Å². The van der Waals surface area contributed by atoms with Gasteiger partial charge in [-0.15, -0.1) is 5.10 Å². The highest BCUT2D eigenvalue weighted by Crippen LogP contribution is 2.22. The third-order valence-electron chi connectivity index (χ3n) is 4.53. The van der Waals surface area contributed by atoms with Crippen LogP contribution in [0.25, 0.3) is 5.69 Å². The third kappa shape index (κ3) is 3.18. The number of amides is 1. The normalized spacial score (nSPS) is 23.9. The summed E-state index contributed by atoms with van der Waals surface area (Å²) in [5.41, 5.74) is 1.77. The summed E-state index contributed by atoms with van der Waals surface area (Å²) in [5.74, 6) is -0.324. The standard InChI is InChI=1S/C17H22N4O3/c1-11-15(19-20-21(11)12-7-4-3-5-8-12)17(23)18-13-9-6-10-14(24-2)16(13)22/h3-5,7-8,13-14,16,22H,6,9-10H2,1-2H3,(H,18,23)/t13-,14-,16-/m1/s1. The average molecular weight is 330 g/mol. The number of ether oxygens (including phenoxy) is 1. The molecule has 128 valence electrons. The summed E-state index contributed by atoms with van der Waals surface area (Å²) >= 11 is 0. The van der Waals surface area contributed by atoms with E-state index in [1.165, 1.54) is 0 Å². The highest BCUT2D eigenvalue weighted by molar-refractivity contribution is 5.93. The molecule has 1 aromatic carbocycles. The fourth-order valence-corrected chi connectivity index (χ4v) is 3.14. The van der Waals surface area contributed by atoms with Crippen LogP contribution in [0.4, 0.5) is 0 Å². The van der Waals surface area contributed by atoms with E-state index in [2.05, 4.69) is 15.6 Å². The summed E-state index contributed by atoms with van der Waals surface area (Å²) < 4.78 is 6.90. The second-order valence-corrected chi connectivity index (χ2v) is 6.05. The molecular formula is C17H22N4O3. The summed E-state index contributed by atoms with van der Waals surface area (Å²) in [6.45, 7) is 1.80. The van der Waals surface area contributed by atoms with Gasteiger partial charge in [0.2, 0.25) is 0 Å². The van der Waals surface area contributed by atoms with Crippen molar-refractivity contribution in [1.82, 2.24) is 20.3 Å². The van der Waals surface area contributed by atoms with E-state index in [0.29, 0.717) is 5.69 Å². The SMILES string of the molecule is CO[C@@H]1CCC[C@@H](NC(=O)c2nnn(-c3ccccc3)c2C)[C@H]1O. The molecule has 0 aliphatic heterocycles. The van der Waals surface area contributed by atoms with Crippen LogP contribution in [-0.4, -0.2) is 51.4 Å². The van der Waals surface area contributed by atoms with Crippen molar-refractivity contribution in [2.24, 2.45) is 0 Å². The number of carbonyl (C=O) groups excluding carboxylic acids is 1. The summed E-state index contributed by atoms with van der Waals surface area (Å²) in [4.78, 5) is 12.5. The highest BCUT2D eigenvalue weighted by atomic mass is 16.5. The lowest BCUT2D eigenvalue weighted by Crippen LogP contribution is -2.51. The van der Waals surface area contributed by atoms with Crippen LogP contribution in [0, 0.1) is 6.92 Å². The van der Waals surface area contributed by atoms with Gasteiger partial charge in [-0.1, -0.05) is 23.4 Å². The maximum Gasteiger partial charge on any atom is 0.274 e. The lowest BCUT2D eigenvalue weighted by atomic mass is 9.90. The quantitative estimate of drug-likeness (QED) is 0.880. The molecule has 1 fully saturated rings. The third-order valence-corrected chi connectivity index (χ3v) is 4.53. The Balaban J connectivity index is 1.75. The average Bonchev–Trinajstić information content (AvgIpc) is 2.99. The molecule has 1 aromatic heterocycles. The van der Waals surface area contributed by atoms with E-state index in [9.17, 15) is 9.90 Å². The van der Waals surface area contributed by atoms with Crippen LogP contribution in [0.15, 0.2) is 30.3 Å². The minimum atomic E-state index is -0.711. The molecule has 2 aromatic rings. The van der Waals surface area contributed by atoms with Crippen molar-refractivity contribution in [3.63, 3.8) is 0 Å². The number of hydrogen-bond acceptors (Lipinski definition) is 5. The molecule has 3 atom stereocenters. The van der Waals surface area contributed by atoms with Crippen LogP contribution >= 0.6 is 0 Å². The Labute approximate surface area is 140 Å². The van der Waals surface area contributed by atoms with E-state index in [4.69, 9.17) is 4.74 Å². The van der Waals surface area contributed by atoms with Crippen LogP contribution in [0.5, 0.6) is 0 Å². The predicted octanol–water partition coefficient (Wildman–Crippen LogP) is 1.23. The number of methoxy groups -OCH3 is 1. The first kappa shape index (κ1) is 16.6. The molecule has 0 saturated heterocycles. The Kier molecular flexibility index (Phi) is 4.92. The van der Waals surface area contributed by atoms with Gasteiger partial charge in [-0.25, -0.2) is 4.68 Å². The number of rotatable bonds is 4. The van der Waals surface area contributed by atoms with Crippen LogP contribution in [0.1, 0.15) is 35.4 Å². The Morgan fingerprint density at radius 1 is 1.33 bits per heavy atom. The van der Waals surface area contributed by atoms with Crippen LogP contribution in [0.3, 0.4) is 0 Å². The topological polar surface area (TPSA) is 89.3 Å². The molecule has 7 nitrogen and oxygen atoms in total. The first-order chi connectivity index (χ1) is 11.6. The van der Waals surface area contributed by atoms with Gasteiger partial charge in [0.25, 0.3) is 5.91 Å². The highest BCUT2D eigenvalue weighted by Gasteiger charge is 2.33. The Hall–Kier alpha value is -2.25. The van der Waals surface area contributed by atoms with Gasteiger partial charge >= 0.3 is 0 Å². The molecule has 0 radical (unpaired) electrons. The lowest BCUT2D eigenvalue weighted by molar-refractivity contribution is -0.0513. The number of benzene rings is 1. The van der Waals surface area contributed by atoms with Gasteiger partial charge in [-0.05, 0) is 38.3 Å². The molecule has 3 rings (SSSR count). The van der Waals surface area contributed by atoms with Gasteiger partial charge in [0.15, 0.2) is 5.69 Å². The first-order valence-corrected chi connectivity index (χ1v) is 8.11. The molecule has 1 aliphatic rings. The Bertz CT molecular complexity index is 701. The van der Waals surface area contributed by atoms with Crippen molar-refractivity contribution in [3.8, 4) is 5.69 Å². The number of aromatic nitrogens is 3. The zero-order chi connectivity index (χ0) is 17.1. The Morgan fingerprint density at radius 3 is 2.79 bits per heavy atom. The van der Waals surface area contributed by atoms with E-state index >= 15 is 0 Å². The fraction of sp³-hybridized carbons (Fsp3) is 0.471. The van der Waals surface area contributed by atoms with Gasteiger partial charge in [-0.2, -0.15) is 0 Å². The number of aliphatic hydroxyl groups excluding tert-OH is 1. The molecule has 0 unspecified atom stereocenters. The van der Waals surface area contributed by atoms with Crippen LogP contribution < -0.4 is 5.32 Å². The van der Waals surface area contributed by atoms with Gasteiger partial charge < -0.3 is 15.2 Å². The summed E-state index contributed by atoms with van der Waals surface area (Å²) in [6, 6.07) is 9.19. The monoisotopic (exact) mass is 330 g/mol. The zero-order valence-electron chi connectivity index (χ0n) is 13.8. The molecular weight excluding hydrogens is 308 g/mol. The fourth-order valence-electron chi connectivity index (χ4n) is 3.14. The molecule has 1 amide bonds. The van der Waals surface area contributed by atoms with Gasteiger partial charge in [0.1, 0.15) is 6.10 Å². The summed E-state index contributed by atoms with van der Waals surface area (Å²) in [7, 11) is 1.58. The van der Waals surface area contributed by atoms with E-state index < -0.39 is 6.10 Å². The number of hydrogen-bond donors (Lipinski definition) is 2. The predicted molar refractivity (Wildman–Crippen MR) is 88.0 cm³/mol. The van der Waals surface area contributed by atoms with Gasteiger partial charge in [0.05, 0.1) is 23.5 Å². The van der Waals surface area contributed by atoms with Crippen molar-refractivity contribution < 1.29 is 14.6 Å². The molecule has 1 aliphatic carbocycles. The molecule has 24 heavy (non-hydrogen) atoms. The zero-order valence-corrected chi connectivity index (χ0v) is 13.8. The molecule has 0 spiro atoms. The summed E-state index contributed by atoms with van der Waals surface area (Å²) in [5, 5.41) is 21.2. The molecule has 7 heteroatoms. The number of aliphatic hydroxyl groups is 1. The molecule has 2 N–H and O–H groups in total. The number of nitrogens with one attached hydrogen (secondary N) is 1. The minimum Gasteiger partial charge on any atom is -0.388 e. The Morgan fingerprint density at radius 2 is 2.08 bits per heavy atom. The largest absolute Gasteiger partial charge is 0.388 e. The van der Waals surface area contributed by atoms with Crippen molar-refractivity contribution in [1.29, 1.82) is 0 Å². The first-order valence-electron chi connectivity index (χ1n) is 8.11. The van der Waals surface area contributed by atoms with Crippen LogP contribution in [-0.2, 0) is 4.74 Å². The smallest absolute Gasteiger partial charge is 0.274 e. The van der Waals surface area contributed by atoms with E-state index in [-0.39, 0.29) is 23.7 Å². The van der Waals surface area contributed by atoms with Gasteiger partial charge in [0, 0.05) is 7.11 Å². The van der Waals surface area contributed by atoms with Crippen LogP contribution in [0.2, 0.25) is 0 Å². The van der Waals surface area contributed by atoms with E-state index in [1.807, 2.05) is 30.3 Å². The second-order valence-electron chi connectivity index (χ2n) is 6.05. The maximum atomic E-state index is 12.5.